The molecule has 0 spiro atoms. The van der Waals surface area contributed by atoms with Crippen molar-refractivity contribution in [1.82, 2.24) is 0 Å². The Bertz CT molecular complexity index is 529. The molecule has 0 bridgehead atoms. The molecule has 2 rings (SSSR count). The molecule has 3 nitrogen and oxygen atoms in total. The maximum Gasteiger partial charge on any atom is 0.143 e. The number of nitrogens with two attached hydrogens (primary N) is 1. The number of halogens is 1. The second-order valence-electron chi connectivity index (χ2n) is 3.56. The standard InChI is InChI=1S/C13H13FN2O/c1-17-12-7-3-6-11(13(12)15)16-10-5-2-4-9(14)8-10/h2-8,16H,15H2,1H3. The molecule has 0 aromatic heterocycles. The lowest BCUT2D eigenvalue weighted by Gasteiger charge is -2.12. The van der Waals surface area contributed by atoms with Crippen LogP contribution < -0.4 is 15.8 Å². The molecular weight excluding hydrogens is 219 g/mol. The highest BCUT2D eigenvalue weighted by Gasteiger charge is 2.05. The predicted molar refractivity (Wildman–Crippen MR) is 67.1 cm³/mol. The lowest BCUT2D eigenvalue weighted by molar-refractivity contribution is 0.417. The smallest absolute Gasteiger partial charge is 0.143 e. The van der Waals surface area contributed by atoms with Gasteiger partial charge in [0.05, 0.1) is 18.5 Å². The van der Waals surface area contributed by atoms with Gasteiger partial charge in [0.15, 0.2) is 0 Å². The fourth-order valence-corrected chi connectivity index (χ4v) is 1.55. The Kier molecular flexibility index (Phi) is 3.14. The molecule has 0 aliphatic heterocycles. The average Bonchev–Trinajstić information content (AvgIpc) is 2.32. The molecule has 2 aromatic carbocycles. The highest BCUT2D eigenvalue weighted by Crippen LogP contribution is 2.31. The molecule has 0 radical (unpaired) electrons. The lowest BCUT2D eigenvalue weighted by atomic mass is 10.2. The molecule has 17 heavy (non-hydrogen) atoms. The second-order valence-corrected chi connectivity index (χ2v) is 3.56. The summed E-state index contributed by atoms with van der Waals surface area (Å²) in [6, 6.07) is 11.6. The molecule has 0 saturated carbocycles. The number of benzene rings is 2. The SMILES string of the molecule is COc1cccc(Nc2cccc(F)c2)c1N. The molecule has 4 heteroatoms. The number of nitrogen functional groups attached to an aromatic ring is 1. The van der Waals surface area contributed by atoms with E-state index in [1.54, 1.807) is 25.3 Å². The first-order chi connectivity index (χ1) is 8.20. The molecule has 0 fully saturated rings. The second kappa shape index (κ2) is 4.74. The summed E-state index contributed by atoms with van der Waals surface area (Å²) >= 11 is 0. The number of rotatable bonds is 3. The molecule has 0 aliphatic carbocycles. The predicted octanol–water partition coefficient (Wildman–Crippen LogP) is 3.16. The fourth-order valence-electron chi connectivity index (χ4n) is 1.55. The Labute approximate surface area is 99.0 Å². The molecule has 0 unspecified atom stereocenters. The van der Waals surface area contributed by atoms with Crippen molar-refractivity contribution in [3.05, 3.63) is 48.3 Å². The first-order valence-corrected chi connectivity index (χ1v) is 5.16. The Morgan fingerprint density at radius 2 is 1.94 bits per heavy atom. The van der Waals surface area contributed by atoms with E-state index in [1.807, 2.05) is 12.1 Å². The Morgan fingerprint density at radius 3 is 2.65 bits per heavy atom. The Morgan fingerprint density at radius 1 is 1.18 bits per heavy atom. The van der Waals surface area contributed by atoms with Gasteiger partial charge in [-0.2, -0.15) is 0 Å². The van der Waals surface area contributed by atoms with Gasteiger partial charge >= 0.3 is 0 Å². The van der Waals surface area contributed by atoms with Crippen LogP contribution in [0.4, 0.5) is 21.5 Å². The van der Waals surface area contributed by atoms with Crippen molar-refractivity contribution >= 4 is 17.1 Å². The number of methoxy groups -OCH3 is 1. The van der Waals surface area contributed by atoms with Crippen molar-refractivity contribution in [3.8, 4) is 5.75 Å². The molecule has 0 amide bonds. The largest absolute Gasteiger partial charge is 0.495 e. The minimum atomic E-state index is -0.295. The van der Waals surface area contributed by atoms with E-state index in [1.165, 1.54) is 12.1 Å². The van der Waals surface area contributed by atoms with Crippen molar-refractivity contribution in [2.45, 2.75) is 0 Å². The summed E-state index contributed by atoms with van der Waals surface area (Å²) in [5, 5.41) is 3.04. The first kappa shape index (κ1) is 11.3. The number of anilines is 3. The lowest BCUT2D eigenvalue weighted by Crippen LogP contribution is -1.99. The van der Waals surface area contributed by atoms with Crippen LogP contribution >= 0.6 is 0 Å². The van der Waals surface area contributed by atoms with Gasteiger partial charge in [-0.15, -0.1) is 0 Å². The van der Waals surface area contributed by atoms with E-state index >= 15 is 0 Å². The van der Waals surface area contributed by atoms with E-state index in [2.05, 4.69) is 5.32 Å². The maximum absolute atomic E-state index is 13.0. The van der Waals surface area contributed by atoms with Crippen molar-refractivity contribution in [2.24, 2.45) is 0 Å². The van der Waals surface area contributed by atoms with Crippen LogP contribution in [0.25, 0.3) is 0 Å². The highest BCUT2D eigenvalue weighted by atomic mass is 19.1. The molecule has 0 heterocycles. The van der Waals surface area contributed by atoms with Crippen molar-refractivity contribution in [1.29, 1.82) is 0 Å². The molecule has 88 valence electrons. The summed E-state index contributed by atoms with van der Waals surface area (Å²) < 4.78 is 18.1. The van der Waals surface area contributed by atoms with Crippen molar-refractivity contribution in [3.63, 3.8) is 0 Å². The van der Waals surface area contributed by atoms with E-state index < -0.39 is 0 Å². The zero-order valence-electron chi connectivity index (χ0n) is 9.41. The van der Waals surface area contributed by atoms with E-state index in [9.17, 15) is 4.39 Å². The van der Waals surface area contributed by atoms with Crippen LogP contribution in [0.2, 0.25) is 0 Å². The van der Waals surface area contributed by atoms with Gasteiger partial charge in [-0.3, -0.25) is 0 Å². The molecular formula is C13H13FN2O. The third kappa shape index (κ3) is 2.47. The van der Waals surface area contributed by atoms with Crippen LogP contribution in [-0.2, 0) is 0 Å². The van der Waals surface area contributed by atoms with Crippen LogP contribution in [0.5, 0.6) is 5.75 Å². The fraction of sp³-hybridized carbons (Fsp3) is 0.0769. The maximum atomic E-state index is 13.0. The van der Waals surface area contributed by atoms with Gasteiger partial charge < -0.3 is 15.8 Å². The third-order valence-corrected chi connectivity index (χ3v) is 2.39. The van der Waals surface area contributed by atoms with E-state index in [-0.39, 0.29) is 5.82 Å². The van der Waals surface area contributed by atoms with Crippen LogP contribution in [-0.4, -0.2) is 7.11 Å². The summed E-state index contributed by atoms with van der Waals surface area (Å²) in [7, 11) is 1.55. The van der Waals surface area contributed by atoms with Gasteiger partial charge in [0.1, 0.15) is 11.6 Å². The average molecular weight is 232 g/mol. The van der Waals surface area contributed by atoms with Gasteiger partial charge in [0, 0.05) is 5.69 Å². The number of hydrogen-bond donors (Lipinski definition) is 2. The Hall–Kier alpha value is -2.23. The molecule has 0 aliphatic rings. The number of ether oxygens (including phenoxy) is 1. The van der Waals surface area contributed by atoms with Crippen LogP contribution in [0, 0.1) is 5.82 Å². The molecule has 3 N–H and O–H groups in total. The quantitative estimate of drug-likeness (QED) is 0.799. The minimum Gasteiger partial charge on any atom is -0.495 e. The van der Waals surface area contributed by atoms with Crippen LogP contribution in [0.1, 0.15) is 0 Å². The minimum absolute atomic E-state index is 0.295. The number of hydrogen-bond acceptors (Lipinski definition) is 3. The zero-order chi connectivity index (χ0) is 12.3. The summed E-state index contributed by atoms with van der Waals surface area (Å²) in [4.78, 5) is 0. The van der Waals surface area contributed by atoms with Crippen LogP contribution in [0.3, 0.4) is 0 Å². The summed E-state index contributed by atoms with van der Waals surface area (Å²) in [6.07, 6.45) is 0. The topological polar surface area (TPSA) is 47.3 Å². The number of nitrogens with one attached hydrogen (secondary N) is 1. The zero-order valence-corrected chi connectivity index (χ0v) is 9.41. The van der Waals surface area contributed by atoms with Gasteiger partial charge in [0.2, 0.25) is 0 Å². The van der Waals surface area contributed by atoms with E-state index in [0.29, 0.717) is 22.8 Å². The van der Waals surface area contributed by atoms with Crippen LogP contribution in [0.15, 0.2) is 42.5 Å². The Balaban J connectivity index is 2.30. The number of para-hydroxylation sites is 1. The van der Waals surface area contributed by atoms with E-state index in [0.717, 1.165) is 0 Å². The highest BCUT2D eigenvalue weighted by molar-refractivity contribution is 5.77. The van der Waals surface area contributed by atoms with Gasteiger partial charge in [-0.05, 0) is 30.3 Å². The first-order valence-electron chi connectivity index (χ1n) is 5.16. The summed E-state index contributed by atoms with van der Waals surface area (Å²) in [6.45, 7) is 0. The van der Waals surface area contributed by atoms with Gasteiger partial charge in [-0.25, -0.2) is 4.39 Å². The third-order valence-electron chi connectivity index (χ3n) is 2.39. The monoisotopic (exact) mass is 232 g/mol. The van der Waals surface area contributed by atoms with Crippen molar-refractivity contribution < 1.29 is 9.13 Å². The molecule has 2 aromatic rings. The molecule has 0 atom stereocenters. The summed E-state index contributed by atoms with van der Waals surface area (Å²) in [5.41, 5.74) is 7.73. The normalized spacial score (nSPS) is 10.0. The van der Waals surface area contributed by atoms with E-state index in [4.69, 9.17) is 10.5 Å². The molecule has 0 saturated heterocycles. The van der Waals surface area contributed by atoms with Crippen molar-refractivity contribution in [2.75, 3.05) is 18.2 Å². The van der Waals surface area contributed by atoms with Gasteiger partial charge in [-0.1, -0.05) is 12.1 Å². The van der Waals surface area contributed by atoms with Gasteiger partial charge in [0.25, 0.3) is 0 Å². The summed E-state index contributed by atoms with van der Waals surface area (Å²) in [5.74, 6) is 0.294.